The SMILES string of the molecule is CCC(CS)C(=O)NC(C)(SCc1ccc(N(C)C)cc1)C(=O)O. The lowest BCUT2D eigenvalue weighted by Crippen LogP contribution is -2.51. The van der Waals surface area contributed by atoms with E-state index in [4.69, 9.17) is 0 Å². The molecule has 0 saturated carbocycles. The largest absolute Gasteiger partial charge is 0.479 e. The second-order valence-corrected chi connectivity index (χ2v) is 7.72. The van der Waals surface area contributed by atoms with Gasteiger partial charge < -0.3 is 15.3 Å². The first-order valence-electron chi connectivity index (χ1n) is 7.80. The Balaban J connectivity index is 2.77. The van der Waals surface area contributed by atoms with Gasteiger partial charge in [-0.3, -0.25) is 4.79 Å². The van der Waals surface area contributed by atoms with Crippen molar-refractivity contribution in [2.75, 3.05) is 24.7 Å². The van der Waals surface area contributed by atoms with Crippen LogP contribution in [0.15, 0.2) is 24.3 Å². The van der Waals surface area contributed by atoms with Crippen molar-refractivity contribution in [3.05, 3.63) is 29.8 Å². The Kier molecular flexibility index (Phi) is 7.96. The number of carboxylic acids is 1. The fourth-order valence-corrected chi connectivity index (χ4v) is 3.37. The van der Waals surface area contributed by atoms with Gasteiger partial charge in [-0.15, -0.1) is 11.8 Å². The average molecular weight is 371 g/mol. The monoisotopic (exact) mass is 370 g/mol. The van der Waals surface area contributed by atoms with E-state index in [1.54, 1.807) is 0 Å². The summed E-state index contributed by atoms with van der Waals surface area (Å²) in [5, 5.41) is 12.2. The van der Waals surface area contributed by atoms with Crippen molar-refractivity contribution in [1.82, 2.24) is 5.32 Å². The highest BCUT2D eigenvalue weighted by Crippen LogP contribution is 2.28. The van der Waals surface area contributed by atoms with E-state index in [0.717, 1.165) is 11.3 Å². The van der Waals surface area contributed by atoms with Crippen LogP contribution in [0.4, 0.5) is 5.69 Å². The molecular weight excluding hydrogens is 344 g/mol. The number of benzene rings is 1. The van der Waals surface area contributed by atoms with Gasteiger partial charge in [0, 0.05) is 37.2 Å². The maximum absolute atomic E-state index is 12.2. The highest BCUT2D eigenvalue weighted by atomic mass is 32.2. The van der Waals surface area contributed by atoms with E-state index in [2.05, 4.69) is 17.9 Å². The van der Waals surface area contributed by atoms with Gasteiger partial charge in [-0.1, -0.05) is 19.1 Å². The summed E-state index contributed by atoms with van der Waals surface area (Å²) in [5.41, 5.74) is 2.09. The number of nitrogens with zero attached hydrogens (tertiary/aromatic N) is 1. The Morgan fingerprint density at radius 3 is 2.33 bits per heavy atom. The molecule has 1 aromatic carbocycles. The van der Waals surface area contributed by atoms with Crippen molar-refractivity contribution in [3.8, 4) is 0 Å². The molecule has 0 aliphatic rings. The number of carboxylic acid groups (broad SMARTS) is 1. The first kappa shape index (κ1) is 20.7. The number of hydrogen-bond acceptors (Lipinski definition) is 5. The molecule has 2 atom stereocenters. The molecular formula is C17H26N2O3S2. The molecule has 1 amide bonds. The zero-order valence-corrected chi connectivity index (χ0v) is 16.3. The summed E-state index contributed by atoms with van der Waals surface area (Å²) in [4.78, 5) is 24.5. The van der Waals surface area contributed by atoms with E-state index in [0.29, 0.717) is 17.9 Å². The van der Waals surface area contributed by atoms with Crippen LogP contribution in [-0.4, -0.2) is 41.7 Å². The summed E-state index contributed by atoms with van der Waals surface area (Å²) >= 11 is 5.35. The molecule has 0 spiro atoms. The van der Waals surface area contributed by atoms with Gasteiger partial charge in [-0.25, -0.2) is 4.79 Å². The van der Waals surface area contributed by atoms with E-state index < -0.39 is 10.8 Å². The van der Waals surface area contributed by atoms with Crippen molar-refractivity contribution in [3.63, 3.8) is 0 Å². The van der Waals surface area contributed by atoms with Crippen LogP contribution in [0.3, 0.4) is 0 Å². The van der Waals surface area contributed by atoms with Crippen LogP contribution >= 0.6 is 24.4 Å². The molecule has 2 N–H and O–H groups in total. The van der Waals surface area contributed by atoms with Crippen LogP contribution in [0.1, 0.15) is 25.8 Å². The third-order valence-corrected chi connectivity index (χ3v) is 5.61. The highest BCUT2D eigenvalue weighted by Gasteiger charge is 2.36. The second-order valence-electron chi connectivity index (χ2n) is 5.96. The number of thiol groups is 1. The molecule has 5 nitrogen and oxygen atoms in total. The Labute approximate surface area is 153 Å². The second kappa shape index (κ2) is 9.22. The number of carbonyl (C=O) groups excluding carboxylic acids is 1. The van der Waals surface area contributed by atoms with E-state index in [9.17, 15) is 14.7 Å². The minimum Gasteiger partial charge on any atom is -0.479 e. The molecule has 0 fully saturated rings. The first-order valence-corrected chi connectivity index (χ1v) is 9.41. The smallest absolute Gasteiger partial charge is 0.339 e. The molecule has 0 bridgehead atoms. The van der Waals surface area contributed by atoms with Gasteiger partial charge in [0.2, 0.25) is 5.91 Å². The van der Waals surface area contributed by atoms with Gasteiger partial charge in [0.25, 0.3) is 0 Å². The summed E-state index contributed by atoms with van der Waals surface area (Å²) in [6, 6.07) is 7.91. The van der Waals surface area contributed by atoms with E-state index in [1.165, 1.54) is 18.7 Å². The van der Waals surface area contributed by atoms with Gasteiger partial charge in [0.15, 0.2) is 4.87 Å². The van der Waals surface area contributed by atoms with Gasteiger partial charge in [-0.05, 0) is 31.0 Å². The number of hydrogen-bond donors (Lipinski definition) is 3. The molecule has 0 aromatic heterocycles. The number of aliphatic carboxylic acids is 1. The highest BCUT2D eigenvalue weighted by molar-refractivity contribution is 8.00. The van der Waals surface area contributed by atoms with Crippen molar-refractivity contribution >= 4 is 42.0 Å². The van der Waals surface area contributed by atoms with Crippen LogP contribution in [0.2, 0.25) is 0 Å². The molecule has 7 heteroatoms. The Bertz CT molecular complexity index is 559. The maximum atomic E-state index is 12.2. The number of nitrogens with one attached hydrogen (secondary N) is 1. The molecule has 1 rings (SSSR count). The zero-order valence-electron chi connectivity index (χ0n) is 14.6. The summed E-state index contributed by atoms with van der Waals surface area (Å²) in [6.07, 6.45) is 0.627. The summed E-state index contributed by atoms with van der Waals surface area (Å²) < 4.78 is 0. The summed E-state index contributed by atoms with van der Waals surface area (Å²) in [6.45, 7) is 3.41. The predicted molar refractivity (Wildman–Crippen MR) is 104 cm³/mol. The van der Waals surface area contributed by atoms with Gasteiger partial charge in [0.05, 0.1) is 0 Å². The molecule has 0 saturated heterocycles. The zero-order chi connectivity index (χ0) is 18.3. The number of anilines is 1. The first-order chi connectivity index (χ1) is 11.2. The average Bonchev–Trinajstić information content (AvgIpc) is 2.54. The van der Waals surface area contributed by atoms with Gasteiger partial charge in [-0.2, -0.15) is 12.6 Å². The quantitative estimate of drug-likeness (QED) is 0.461. The van der Waals surface area contributed by atoms with Gasteiger partial charge in [0.1, 0.15) is 0 Å². The van der Waals surface area contributed by atoms with Crippen LogP contribution in [0.25, 0.3) is 0 Å². The Morgan fingerprint density at radius 2 is 1.92 bits per heavy atom. The lowest BCUT2D eigenvalue weighted by atomic mass is 10.1. The molecule has 134 valence electrons. The molecule has 0 aliphatic carbocycles. The van der Waals surface area contributed by atoms with E-state index in [-0.39, 0.29) is 11.8 Å². The lowest BCUT2D eigenvalue weighted by molar-refractivity contribution is -0.143. The number of carbonyl (C=O) groups is 2. The predicted octanol–water partition coefficient (Wildman–Crippen LogP) is 2.86. The van der Waals surface area contributed by atoms with Crippen LogP contribution in [-0.2, 0) is 15.3 Å². The molecule has 2 unspecified atom stereocenters. The fraction of sp³-hybridized carbons (Fsp3) is 0.529. The number of thioether (sulfide) groups is 1. The van der Waals surface area contributed by atoms with E-state index in [1.807, 2.05) is 50.2 Å². The molecule has 0 aliphatic heterocycles. The topological polar surface area (TPSA) is 69.6 Å². The van der Waals surface area contributed by atoms with E-state index >= 15 is 0 Å². The van der Waals surface area contributed by atoms with Crippen LogP contribution < -0.4 is 10.2 Å². The van der Waals surface area contributed by atoms with Crippen molar-refractivity contribution in [1.29, 1.82) is 0 Å². The minimum atomic E-state index is -1.37. The van der Waals surface area contributed by atoms with Crippen molar-refractivity contribution in [2.45, 2.75) is 30.9 Å². The third-order valence-electron chi connectivity index (χ3n) is 3.83. The van der Waals surface area contributed by atoms with Crippen LogP contribution in [0, 0.1) is 5.92 Å². The van der Waals surface area contributed by atoms with Crippen molar-refractivity contribution in [2.24, 2.45) is 5.92 Å². The Hall–Kier alpha value is -1.34. The fourth-order valence-electron chi connectivity index (χ4n) is 2.00. The van der Waals surface area contributed by atoms with Crippen LogP contribution in [0.5, 0.6) is 0 Å². The molecule has 0 radical (unpaired) electrons. The van der Waals surface area contributed by atoms with Gasteiger partial charge >= 0.3 is 5.97 Å². The standard InChI is InChI=1S/C17H26N2O3S2/c1-5-13(10-23)15(20)18-17(2,16(21)22)24-11-12-6-8-14(9-7-12)19(3)4/h6-9,13,23H,5,10-11H2,1-4H3,(H,18,20)(H,21,22). The number of amides is 1. The normalized spacial score (nSPS) is 14.5. The molecule has 24 heavy (non-hydrogen) atoms. The lowest BCUT2D eigenvalue weighted by Gasteiger charge is -2.27. The third kappa shape index (κ3) is 5.63. The summed E-state index contributed by atoms with van der Waals surface area (Å²) in [7, 11) is 3.93. The van der Waals surface area contributed by atoms with Crippen molar-refractivity contribution < 1.29 is 14.7 Å². The molecule has 1 aromatic rings. The minimum absolute atomic E-state index is 0.271. The number of rotatable bonds is 9. The Morgan fingerprint density at radius 1 is 1.33 bits per heavy atom. The maximum Gasteiger partial charge on any atom is 0.339 e. The molecule has 0 heterocycles. The summed E-state index contributed by atoms with van der Waals surface area (Å²) in [5.74, 6) is -0.719.